The Morgan fingerprint density at radius 3 is 2.30 bits per heavy atom. The van der Waals surface area contributed by atoms with Crippen molar-refractivity contribution in [3.8, 4) is 17.2 Å². The Kier molecular flexibility index (Phi) is 6.37. The van der Waals surface area contributed by atoms with Crippen LogP contribution in [0.15, 0.2) is 65.6 Å². The first-order valence-electron chi connectivity index (χ1n) is 10.2. The highest BCUT2D eigenvalue weighted by atomic mass is 32.1. The summed E-state index contributed by atoms with van der Waals surface area (Å²) in [6.07, 6.45) is 0. The van der Waals surface area contributed by atoms with Gasteiger partial charge in [0, 0.05) is 10.4 Å². The molecule has 1 atom stereocenters. The van der Waals surface area contributed by atoms with Gasteiger partial charge in [-0.05, 0) is 47.3 Å². The van der Waals surface area contributed by atoms with Gasteiger partial charge in [0.25, 0.3) is 11.7 Å². The minimum absolute atomic E-state index is 0.0222. The Hall–Kier alpha value is -3.78. The molecule has 7 nitrogen and oxygen atoms in total. The van der Waals surface area contributed by atoms with Crippen molar-refractivity contribution in [3.05, 3.63) is 81.6 Å². The molecule has 2 heterocycles. The van der Waals surface area contributed by atoms with E-state index in [9.17, 15) is 14.7 Å². The van der Waals surface area contributed by atoms with Crippen LogP contribution in [0.5, 0.6) is 17.2 Å². The number of rotatable bonds is 7. The molecule has 2 aromatic carbocycles. The number of hydrogen-bond acceptors (Lipinski definition) is 7. The largest absolute Gasteiger partial charge is 0.507 e. The number of hydrogen-bond donors (Lipinski definition) is 1. The maximum Gasteiger partial charge on any atom is 0.295 e. The number of benzene rings is 2. The summed E-state index contributed by atoms with van der Waals surface area (Å²) in [7, 11) is 4.56. The van der Waals surface area contributed by atoms with Gasteiger partial charge in [-0.1, -0.05) is 18.2 Å². The van der Waals surface area contributed by atoms with Gasteiger partial charge in [0.1, 0.15) is 11.5 Å². The van der Waals surface area contributed by atoms with E-state index in [0.717, 1.165) is 4.88 Å². The third-order valence-electron chi connectivity index (χ3n) is 5.53. The van der Waals surface area contributed by atoms with Crippen molar-refractivity contribution in [1.29, 1.82) is 0 Å². The van der Waals surface area contributed by atoms with E-state index in [2.05, 4.69) is 0 Å². The molecule has 1 aromatic heterocycles. The van der Waals surface area contributed by atoms with Crippen LogP contribution >= 0.6 is 11.3 Å². The van der Waals surface area contributed by atoms with Gasteiger partial charge in [-0.15, -0.1) is 11.3 Å². The fourth-order valence-corrected chi connectivity index (χ4v) is 4.59. The predicted octanol–water partition coefficient (Wildman–Crippen LogP) is 4.40. The number of Topliss-reactive ketones (excluding diaryl/α,β-unsaturated/α-hetero) is 1. The molecule has 0 spiro atoms. The quantitative estimate of drug-likeness (QED) is 0.316. The van der Waals surface area contributed by atoms with E-state index in [1.807, 2.05) is 17.5 Å². The second kappa shape index (κ2) is 9.38. The Morgan fingerprint density at radius 1 is 0.970 bits per heavy atom. The summed E-state index contributed by atoms with van der Waals surface area (Å²) in [5, 5.41) is 13.1. The number of aliphatic hydroxyl groups is 1. The molecule has 1 N–H and O–H groups in total. The standard InChI is InChI=1S/C25H23NO6S/c1-30-17-9-6-15(7-10-17)22-21(23(27)16-8-11-19(31-2)20(13-16)32-3)24(28)25(29)26(22)14-18-5-4-12-33-18/h4-13,22,27H,14H2,1-3H3/b23-21-. The van der Waals surface area contributed by atoms with Gasteiger partial charge in [-0.2, -0.15) is 0 Å². The highest BCUT2D eigenvalue weighted by Gasteiger charge is 2.46. The molecule has 0 aliphatic carbocycles. The van der Waals surface area contributed by atoms with Gasteiger partial charge in [-0.25, -0.2) is 0 Å². The predicted molar refractivity (Wildman–Crippen MR) is 125 cm³/mol. The lowest BCUT2D eigenvalue weighted by Gasteiger charge is -2.25. The molecule has 1 amide bonds. The first-order chi connectivity index (χ1) is 16.0. The molecule has 8 heteroatoms. The number of carbonyl (C=O) groups excluding carboxylic acids is 2. The number of nitrogens with zero attached hydrogens (tertiary/aromatic N) is 1. The monoisotopic (exact) mass is 465 g/mol. The van der Waals surface area contributed by atoms with Gasteiger partial charge in [0.15, 0.2) is 11.5 Å². The smallest absolute Gasteiger partial charge is 0.295 e. The number of carbonyl (C=O) groups is 2. The molecule has 1 fully saturated rings. The van der Waals surface area contributed by atoms with Crippen molar-refractivity contribution in [2.24, 2.45) is 0 Å². The van der Waals surface area contributed by atoms with E-state index in [1.165, 1.54) is 30.5 Å². The summed E-state index contributed by atoms with van der Waals surface area (Å²) in [4.78, 5) is 28.7. The molecule has 1 aliphatic rings. The third-order valence-corrected chi connectivity index (χ3v) is 6.40. The second-order valence-electron chi connectivity index (χ2n) is 7.35. The molecule has 1 aliphatic heterocycles. The van der Waals surface area contributed by atoms with Crippen LogP contribution in [-0.4, -0.2) is 43.0 Å². The Morgan fingerprint density at radius 2 is 1.70 bits per heavy atom. The van der Waals surface area contributed by atoms with Crippen molar-refractivity contribution in [2.75, 3.05) is 21.3 Å². The van der Waals surface area contributed by atoms with Crippen LogP contribution in [0.1, 0.15) is 22.0 Å². The zero-order chi connectivity index (χ0) is 23.5. The summed E-state index contributed by atoms with van der Waals surface area (Å²) < 4.78 is 15.8. The SMILES string of the molecule is COc1ccc(C2/C(=C(/O)c3ccc(OC)c(OC)c3)C(=O)C(=O)N2Cc2cccs2)cc1. The summed E-state index contributed by atoms with van der Waals surface area (Å²) >= 11 is 1.50. The van der Waals surface area contributed by atoms with Crippen LogP contribution in [0.2, 0.25) is 0 Å². The molecule has 3 aromatic rings. The lowest BCUT2D eigenvalue weighted by atomic mass is 9.95. The van der Waals surface area contributed by atoms with Gasteiger partial charge in [0.05, 0.1) is 39.5 Å². The van der Waals surface area contributed by atoms with E-state index < -0.39 is 17.7 Å². The van der Waals surface area contributed by atoms with Crippen LogP contribution in [-0.2, 0) is 16.1 Å². The average molecular weight is 466 g/mol. The van der Waals surface area contributed by atoms with Gasteiger partial charge >= 0.3 is 0 Å². The normalized spacial score (nSPS) is 17.3. The number of thiophene rings is 1. The molecule has 4 rings (SSSR count). The van der Waals surface area contributed by atoms with Crippen molar-refractivity contribution in [2.45, 2.75) is 12.6 Å². The fraction of sp³-hybridized carbons (Fsp3) is 0.200. The first kappa shape index (κ1) is 22.4. The minimum Gasteiger partial charge on any atom is -0.507 e. The van der Waals surface area contributed by atoms with Gasteiger partial charge in [0.2, 0.25) is 0 Å². The van der Waals surface area contributed by atoms with E-state index >= 15 is 0 Å². The van der Waals surface area contributed by atoms with E-state index in [1.54, 1.807) is 49.6 Å². The Balaban J connectivity index is 1.86. The van der Waals surface area contributed by atoms with Gasteiger partial charge < -0.3 is 24.2 Å². The molecule has 0 saturated carbocycles. The molecule has 1 unspecified atom stereocenters. The van der Waals surface area contributed by atoms with Crippen molar-refractivity contribution < 1.29 is 28.9 Å². The van der Waals surface area contributed by atoms with Crippen LogP contribution in [0.25, 0.3) is 5.76 Å². The summed E-state index contributed by atoms with van der Waals surface area (Å²) in [5.74, 6) is -0.141. The van der Waals surface area contributed by atoms with Crippen LogP contribution < -0.4 is 14.2 Å². The molecular weight excluding hydrogens is 442 g/mol. The zero-order valence-electron chi connectivity index (χ0n) is 18.4. The number of likely N-dealkylation sites (tertiary alicyclic amines) is 1. The minimum atomic E-state index is -0.758. The van der Waals surface area contributed by atoms with Crippen LogP contribution in [0.3, 0.4) is 0 Å². The summed E-state index contributed by atoms with van der Waals surface area (Å²) in [5.41, 5.74) is 1.06. The molecular formula is C25H23NO6S. The van der Waals surface area contributed by atoms with Crippen molar-refractivity contribution in [1.82, 2.24) is 4.90 Å². The van der Waals surface area contributed by atoms with Gasteiger partial charge in [-0.3, -0.25) is 9.59 Å². The zero-order valence-corrected chi connectivity index (χ0v) is 19.2. The number of aliphatic hydroxyl groups excluding tert-OH is 1. The number of ether oxygens (including phenoxy) is 3. The molecule has 0 bridgehead atoms. The molecule has 33 heavy (non-hydrogen) atoms. The number of ketones is 1. The topological polar surface area (TPSA) is 85.3 Å². The summed E-state index contributed by atoms with van der Waals surface area (Å²) in [6.45, 7) is 0.252. The lowest BCUT2D eigenvalue weighted by Crippen LogP contribution is -2.28. The molecule has 0 radical (unpaired) electrons. The summed E-state index contributed by atoms with van der Waals surface area (Å²) in [6, 6.07) is 15.0. The number of methoxy groups -OCH3 is 3. The van der Waals surface area contributed by atoms with Crippen molar-refractivity contribution in [3.63, 3.8) is 0 Å². The van der Waals surface area contributed by atoms with Crippen molar-refractivity contribution >= 4 is 28.8 Å². The second-order valence-corrected chi connectivity index (χ2v) is 8.38. The number of amides is 1. The highest BCUT2D eigenvalue weighted by molar-refractivity contribution is 7.09. The maximum absolute atomic E-state index is 13.2. The lowest BCUT2D eigenvalue weighted by molar-refractivity contribution is -0.140. The first-order valence-corrected chi connectivity index (χ1v) is 11.0. The highest BCUT2D eigenvalue weighted by Crippen LogP contribution is 2.42. The maximum atomic E-state index is 13.2. The molecule has 1 saturated heterocycles. The Bertz CT molecular complexity index is 1200. The Labute approximate surface area is 195 Å². The molecule has 170 valence electrons. The third kappa shape index (κ3) is 4.17. The van der Waals surface area contributed by atoms with E-state index in [4.69, 9.17) is 14.2 Å². The van der Waals surface area contributed by atoms with Crippen LogP contribution in [0.4, 0.5) is 0 Å². The van der Waals surface area contributed by atoms with E-state index in [0.29, 0.717) is 28.4 Å². The fourth-order valence-electron chi connectivity index (χ4n) is 3.89. The van der Waals surface area contributed by atoms with E-state index in [-0.39, 0.29) is 17.9 Å². The van der Waals surface area contributed by atoms with Crippen LogP contribution in [0, 0.1) is 0 Å². The average Bonchev–Trinajstić information content (AvgIpc) is 3.45.